The molecule has 0 aliphatic carbocycles. The molecule has 3 rings (SSSR count). The average Bonchev–Trinajstić information content (AvgIpc) is 3.08. The van der Waals surface area contributed by atoms with E-state index in [0.717, 1.165) is 17.2 Å². The lowest BCUT2D eigenvalue weighted by Crippen LogP contribution is -2.05. The molecule has 0 spiro atoms. The third-order valence-electron chi connectivity index (χ3n) is 2.92. The van der Waals surface area contributed by atoms with Crippen molar-refractivity contribution in [2.45, 2.75) is 6.54 Å². The molecule has 2 heterocycles. The molecule has 0 saturated carbocycles. The zero-order valence-electron chi connectivity index (χ0n) is 12.0. The first-order valence-electron chi connectivity index (χ1n) is 6.70. The van der Waals surface area contributed by atoms with Gasteiger partial charge in [-0.3, -0.25) is 0 Å². The van der Waals surface area contributed by atoms with E-state index in [2.05, 4.69) is 25.8 Å². The van der Waals surface area contributed by atoms with Crippen LogP contribution < -0.4 is 15.4 Å². The monoisotopic (exact) mass is 297 g/mol. The molecule has 3 aromatic rings. The summed E-state index contributed by atoms with van der Waals surface area (Å²) >= 11 is 0. The van der Waals surface area contributed by atoms with Crippen molar-refractivity contribution in [1.29, 1.82) is 0 Å². The molecule has 22 heavy (non-hydrogen) atoms. The molecular formula is C15H15N5O2. The Morgan fingerprint density at radius 1 is 1.18 bits per heavy atom. The molecule has 1 aromatic carbocycles. The number of aromatic nitrogens is 3. The number of hydrogen-bond acceptors (Lipinski definition) is 7. The van der Waals surface area contributed by atoms with E-state index in [-0.39, 0.29) is 0 Å². The van der Waals surface area contributed by atoms with Gasteiger partial charge in [0, 0.05) is 5.69 Å². The third-order valence-corrected chi connectivity index (χ3v) is 2.92. The molecule has 0 aliphatic heterocycles. The van der Waals surface area contributed by atoms with E-state index < -0.39 is 0 Å². The number of rotatable bonds is 6. The molecule has 0 fully saturated rings. The molecular weight excluding hydrogens is 282 g/mol. The van der Waals surface area contributed by atoms with Crippen molar-refractivity contribution in [3.8, 4) is 5.75 Å². The first-order valence-corrected chi connectivity index (χ1v) is 6.70. The van der Waals surface area contributed by atoms with E-state index >= 15 is 0 Å². The Morgan fingerprint density at radius 3 is 2.77 bits per heavy atom. The SMILES string of the molecule is COc1ccc(Nc2cnnc(NCc3ccco3)n2)cc1. The molecule has 0 radical (unpaired) electrons. The first-order chi connectivity index (χ1) is 10.8. The van der Waals surface area contributed by atoms with E-state index in [0.29, 0.717) is 18.3 Å². The second-order valence-electron chi connectivity index (χ2n) is 4.45. The lowest BCUT2D eigenvalue weighted by atomic mass is 10.3. The number of nitrogens with one attached hydrogen (secondary N) is 2. The van der Waals surface area contributed by atoms with Crippen molar-refractivity contribution >= 4 is 17.5 Å². The van der Waals surface area contributed by atoms with Gasteiger partial charge < -0.3 is 19.8 Å². The number of ether oxygens (including phenoxy) is 1. The zero-order valence-corrected chi connectivity index (χ0v) is 12.0. The van der Waals surface area contributed by atoms with Crippen LogP contribution in [0, 0.1) is 0 Å². The van der Waals surface area contributed by atoms with E-state index in [1.165, 1.54) is 0 Å². The number of hydrogen-bond donors (Lipinski definition) is 2. The Bertz CT molecular complexity index is 713. The highest BCUT2D eigenvalue weighted by atomic mass is 16.5. The van der Waals surface area contributed by atoms with Gasteiger partial charge in [0.15, 0.2) is 5.82 Å². The van der Waals surface area contributed by atoms with Crippen LogP contribution in [0.15, 0.2) is 53.3 Å². The topological polar surface area (TPSA) is 85.1 Å². The summed E-state index contributed by atoms with van der Waals surface area (Å²) in [5.41, 5.74) is 0.887. The van der Waals surface area contributed by atoms with Gasteiger partial charge >= 0.3 is 0 Å². The lowest BCUT2D eigenvalue weighted by molar-refractivity contribution is 0.415. The Balaban J connectivity index is 1.65. The van der Waals surface area contributed by atoms with Crippen LogP contribution in [0.25, 0.3) is 0 Å². The minimum Gasteiger partial charge on any atom is -0.497 e. The largest absolute Gasteiger partial charge is 0.497 e. The van der Waals surface area contributed by atoms with Crippen LogP contribution in [0.5, 0.6) is 5.75 Å². The van der Waals surface area contributed by atoms with Crippen molar-refractivity contribution in [3.05, 3.63) is 54.6 Å². The molecule has 2 aromatic heterocycles. The standard InChI is InChI=1S/C15H15N5O2/c1-21-12-6-4-11(5-7-12)18-14-10-17-20-15(19-14)16-9-13-3-2-8-22-13/h2-8,10H,9H2,1H3,(H2,16,18,19,20). The summed E-state index contributed by atoms with van der Waals surface area (Å²) < 4.78 is 10.4. The van der Waals surface area contributed by atoms with Gasteiger partial charge in [0.25, 0.3) is 0 Å². The molecule has 0 amide bonds. The quantitative estimate of drug-likeness (QED) is 0.723. The van der Waals surface area contributed by atoms with Gasteiger partial charge in [0.2, 0.25) is 5.95 Å². The van der Waals surface area contributed by atoms with Crippen molar-refractivity contribution < 1.29 is 9.15 Å². The first kappa shape index (κ1) is 13.9. The molecule has 0 aliphatic rings. The lowest BCUT2D eigenvalue weighted by Gasteiger charge is -2.07. The molecule has 0 atom stereocenters. The summed E-state index contributed by atoms with van der Waals surface area (Å²) in [5, 5.41) is 14.1. The van der Waals surface area contributed by atoms with Crippen LogP contribution in [0.4, 0.5) is 17.5 Å². The predicted octanol–water partition coefficient (Wildman–Crippen LogP) is 2.83. The van der Waals surface area contributed by atoms with Crippen LogP contribution in [0.2, 0.25) is 0 Å². The van der Waals surface area contributed by atoms with Crippen LogP contribution in [-0.2, 0) is 6.54 Å². The average molecular weight is 297 g/mol. The molecule has 0 bridgehead atoms. The van der Waals surface area contributed by atoms with Gasteiger partial charge in [-0.15, -0.1) is 5.10 Å². The Labute approximate surface area is 127 Å². The molecule has 112 valence electrons. The van der Waals surface area contributed by atoms with Gasteiger partial charge in [0.05, 0.1) is 26.1 Å². The summed E-state index contributed by atoms with van der Waals surface area (Å²) in [6.45, 7) is 0.501. The van der Waals surface area contributed by atoms with Gasteiger partial charge in [-0.25, -0.2) is 0 Å². The maximum Gasteiger partial charge on any atom is 0.245 e. The maximum atomic E-state index is 5.24. The molecule has 0 unspecified atom stereocenters. The number of benzene rings is 1. The van der Waals surface area contributed by atoms with Crippen molar-refractivity contribution in [3.63, 3.8) is 0 Å². The van der Waals surface area contributed by atoms with Crippen LogP contribution in [-0.4, -0.2) is 22.3 Å². The molecule has 7 heteroatoms. The van der Waals surface area contributed by atoms with Crippen LogP contribution in [0.3, 0.4) is 0 Å². The van der Waals surface area contributed by atoms with Gasteiger partial charge in [-0.05, 0) is 36.4 Å². The van der Waals surface area contributed by atoms with Crippen LogP contribution in [0.1, 0.15) is 5.76 Å². The second kappa shape index (κ2) is 6.57. The van der Waals surface area contributed by atoms with E-state index in [1.54, 1.807) is 19.6 Å². The molecule has 7 nitrogen and oxygen atoms in total. The highest BCUT2D eigenvalue weighted by molar-refractivity contribution is 5.57. The third kappa shape index (κ3) is 3.51. The smallest absolute Gasteiger partial charge is 0.245 e. The minimum absolute atomic E-state index is 0.426. The fraction of sp³-hybridized carbons (Fsp3) is 0.133. The van der Waals surface area contributed by atoms with E-state index in [4.69, 9.17) is 9.15 Å². The number of furan rings is 1. The Hall–Kier alpha value is -3.09. The van der Waals surface area contributed by atoms with Crippen molar-refractivity contribution in [2.75, 3.05) is 17.7 Å². The van der Waals surface area contributed by atoms with Gasteiger partial charge in [-0.1, -0.05) is 0 Å². The summed E-state index contributed by atoms with van der Waals surface area (Å²) in [6, 6.07) is 11.2. The molecule has 0 saturated heterocycles. The highest BCUT2D eigenvalue weighted by Gasteiger charge is 2.02. The Kier molecular flexibility index (Phi) is 4.15. The summed E-state index contributed by atoms with van der Waals surface area (Å²) in [5.74, 6) is 2.63. The Morgan fingerprint density at radius 2 is 2.05 bits per heavy atom. The summed E-state index contributed by atoms with van der Waals surface area (Å²) in [4.78, 5) is 4.34. The fourth-order valence-electron chi connectivity index (χ4n) is 1.84. The normalized spacial score (nSPS) is 10.2. The number of methoxy groups -OCH3 is 1. The zero-order chi connectivity index (χ0) is 15.2. The number of anilines is 3. The summed E-state index contributed by atoms with van der Waals surface area (Å²) in [6.07, 6.45) is 3.18. The fourth-order valence-corrected chi connectivity index (χ4v) is 1.84. The summed E-state index contributed by atoms with van der Waals surface area (Å²) in [7, 11) is 1.63. The predicted molar refractivity (Wildman–Crippen MR) is 82.1 cm³/mol. The van der Waals surface area contributed by atoms with E-state index in [9.17, 15) is 0 Å². The molecule has 2 N–H and O–H groups in total. The van der Waals surface area contributed by atoms with Crippen LogP contribution >= 0.6 is 0 Å². The highest BCUT2D eigenvalue weighted by Crippen LogP contribution is 2.18. The van der Waals surface area contributed by atoms with Crippen molar-refractivity contribution in [2.24, 2.45) is 0 Å². The second-order valence-corrected chi connectivity index (χ2v) is 4.45. The minimum atomic E-state index is 0.426. The van der Waals surface area contributed by atoms with Gasteiger partial charge in [-0.2, -0.15) is 10.1 Å². The maximum absolute atomic E-state index is 5.24. The van der Waals surface area contributed by atoms with Crippen molar-refractivity contribution in [1.82, 2.24) is 15.2 Å². The number of nitrogens with zero attached hydrogens (tertiary/aromatic N) is 3. The van der Waals surface area contributed by atoms with E-state index in [1.807, 2.05) is 36.4 Å². The van der Waals surface area contributed by atoms with Gasteiger partial charge in [0.1, 0.15) is 11.5 Å².